The number of benzene rings is 1. The zero-order valence-electron chi connectivity index (χ0n) is 17.5. The predicted octanol–water partition coefficient (Wildman–Crippen LogP) is -2.92. The minimum Gasteiger partial charge on any atom is -0.480 e. The molecule has 13 nitrogen and oxygen atoms in total. The number of aliphatic hydroxyl groups is 1. The predicted molar refractivity (Wildman–Crippen MR) is 115 cm³/mol. The first-order valence-electron chi connectivity index (χ1n) is 9.92. The Hall–Kier alpha value is -3.97. The third-order valence-electron chi connectivity index (χ3n) is 4.73. The van der Waals surface area contributed by atoms with Crippen LogP contribution in [0.4, 0.5) is 0 Å². The van der Waals surface area contributed by atoms with E-state index in [0.29, 0.717) is 5.56 Å². The summed E-state index contributed by atoms with van der Waals surface area (Å²) in [6.07, 6.45) is 1.21. The van der Waals surface area contributed by atoms with E-state index in [0.717, 1.165) is 10.9 Å². The summed E-state index contributed by atoms with van der Waals surface area (Å²) in [5.41, 5.74) is 11.9. The second-order valence-corrected chi connectivity index (χ2v) is 7.26. The SMILES string of the molecule is NC(=O)CC(N)C(=O)NC(CO)C(=O)NCC(=O)NC(Cc1c[nH]c2ccccc12)C(=O)O. The number of nitrogens with one attached hydrogen (secondary N) is 4. The molecular formula is C20H26N6O7. The standard InChI is InChI=1S/C20H26N6O7/c21-12(6-16(22)28)18(30)26-15(9-27)19(31)24-8-17(29)25-14(20(32)33)5-10-7-23-13-4-2-1-3-11(10)13/h1-4,7,12,14-15,23,27H,5-6,8-9,21H2,(H2,22,28)(H,24,31)(H,25,29)(H,26,30)(H,32,33). The van der Waals surface area contributed by atoms with Gasteiger partial charge in [0.25, 0.3) is 0 Å². The van der Waals surface area contributed by atoms with Gasteiger partial charge in [-0.2, -0.15) is 0 Å². The van der Waals surface area contributed by atoms with Gasteiger partial charge in [-0.1, -0.05) is 18.2 Å². The van der Waals surface area contributed by atoms with Crippen LogP contribution >= 0.6 is 0 Å². The fraction of sp³-hybridized carbons (Fsp3) is 0.350. The molecule has 0 aliphatic rings. The topological polar surface area (TPSA) is 230 Å². The summed E-state index contributed by atoms with van der Waals surface area (Å²) < 4.78 is 0. The van der Waals surface area contributed by atoms with Crippen molar-refractivity contribution in [2.45, 2.75) is 31.0 Å². The molecule has 0 saturated heterocycles. The summed E-state index contributed by atoms with van der Waals surface area (Å²) >= 11 is 0. The molecule has 33 heavy (non-hydrogen) atoms. The Morgan fingerprint density at radius 3 is 2.36 bits per heavy atom. The molecule has 0 saturated carbocycles. The molecule has 2 rings (SSSR count). The second kappa shape index (κ2) is 11.6. The van der Waals surface area contributed by atoms with Crippen molar-refractivity contribution in [1.82, 2.24) is 20.9 Å². The first kappa shape index (κ1) is 25.3. The number of nitrogens with two attached hydrogens (primary N) is 2. The molecule has 0 spiro atoms. The maximum Gasteiger partial charge on any atom is 0.326 e. The van der Waals surface area contributed by atoms with Crippen LogP contribution in [0.2, 0.25) is 0 Å². The van der Waals surface area contributed by atoms with Gasteiger partial charge in [-0.05, 0) is 11.6 Å². The number of hydrogen-bond acceptors (Lipinski definition) is 7. The Kier molecular flexibility index (Phi) is 8.89. The van der Waals surface area contributed by atoms with Crippen LogP contribution in [0.1, 0.15) is 12.0 Å². The van der Waals surface area contributed by atoms with Gasteiger partial charge >= 0.3 is 5.97 Å². The lowest BCUT2D eigenvalue weighted by Gasteiger charge is -2.19. The maximum atomic E-state index is 12.2. The lowest BCUT2D eigenvalue weighted by Crippen LogP contribution is -2.55. The number of aliphatic hydroxyl groups excluding tert-OH is 1. The monoisotopic (exact) mass is 462 g/mol. The van der Waals surface area contributed by atoms with E-state index in [1.54, 1.807) is 12.3 Å². The number of primary amides is 1. The lowest BCUT2D eigenvalue weighted by atomic mass is 10.0. The van der Waals surface area contributed by atoms with E-state index in [2.05, 4.69) is 20.9 Å². The van der Waals surface area contributed by atoms with Crippen LogP contribution in [0, 0.1) is 0 Å². The molecule has 0 aliphatic heterocycles. The van der Waals surface area contributed by atoms with Crippen molar-refractivity contribution in [3.63, 3.8) is 0 Å². The highest BCUT2D eigenvalue weighted by Crippen LogP contribution is 2.19. The smallest absolute Gasteiger partial charge is 0.326 e. The Morgan fingerprint density at radius 1 is 1.03 bits per heavy atom. The Balaban J connectivity index is 1.90. The fourth-order valence-corrected chi connectivity index (χ4v) is 3.04. The summed E-state index contributed by atoms with van der Waals surface area (Å²) in [5, 5.41) is 26.3. The van der Waals surface area contributed by atoms with E-state index < -0.39 is 67.3 Å². The number of carbonyl (C=O) groups excluding carboxylic acids is 4. The van der Waals surface area contributed by atoms with E-state index in [-0.39, 0.29) is 6.42 Å². The van der Waals surface area contributed by atoms with Crippen LogP contribution in [0.5, 0.6) is 0 Å². The van der Waals surface area contributed by atoms with Crippen LogP contribution in [0.15, 0.2) is 30.5 Å². The average molecular weight is 462 g/mol. The number of H-pyrrole nitrogens is 1. The molecule has 10 N–H and O–H groups in total. The molecule has 0 radical (unpaired) electrons. The van der Waals surface area contributed by atoms with Gasteiger partial charge in [0.05, 0.1) is 25.6 Å². The van der Waals surface area contributed by atoms with Gasteiger partial charge in [-0.3, -0.25) is 19.2 Å². The number of fused-ring (bicyclic) bond motifs is 1. The van der Waals surface area contributed by atoms with Crippen LogP contribution in [0.25, 0.3) is 10.9 Å². The van der Waals surface area contributed by atoms with E-state index in [4.69, 9.17) is 11.5 Å². The minimum atomic E-state index is -1.44. The van der Waals surface area contributed by atoms with Crippen LogP contribution < -0.4 is 27.4 Å². The molecule has 2 aromatic rings. The van der Waals surface area contributed by atoms with Crippen molar-refractivity contribution in [2.75, 3.05) is 13.2 Å². The summed E-state index contributed by atoms with van der Waals surface area (Å²) in [4.78, 5) is 61.7. The van der Waals surface area contributed by atoms with Crippen molar-refractivity contribution in [1.29, 1.82) is 0 Å². The zero-order chi connectivity index (χ0) is 24.5. The molecule has 3 unspecified atom stereocenters. The van der Waals surface area contributed by atoms with Crippen LogP contribution in [-0.2, 0) is 30.4 Å². The molecular weight excluding hydrogens is 436 g/mol. The second-order valence-electron chi connectivity index (χ2n) is 7.26. The van der Waals surface area contributed by atoms with E-state index in [1.807, 2.05) is 18.2 Å². The van der Waals surface area contributed by atoms with Gasteiger partial charge in [0, 0.05) is 23.5 Å². The number of aliphatic carboxylic acids is 1. The molecule has 1 aromatic carbocycles. The van der Waals surface area contributed by atoms with Gasteiger partial charge in [0.15, 0.2) is 0 Å². The quantitative estimate of drug-likeness (QED) is 0.162. The highest BCUT2D eigenvalue weighted by molar-refractivity contribution is 5.94. The van der Waals surface area contributed by atoms with Crippen LogP contribution in [-0.4, -0.2) is 76.1 Å². The molecule has 4 amide bonds. The normalized spacial score (nSPS) is 13.5. The Bertz CT molecular complexity index is 1040. The third-order valence-corrected chi connectivity index (χ3v) is 4.73. The lowest BCUT2D eigenvalue weighted by molar-refractivity contribution is -0.141. The maximum absolute atomic E-state index is 12.2. The molecule has 0 aliphatic carbocycles. The zero-order valence-corrected chi connectivity index (χ0v) is 17.5. The summed E-state index contributed by atoms with van der Waals surface area (Å²) in [7, 11) is 0. The number of aromatic nitrogens is 1. The number of carbonyl (C=O) groups is 5. The summed E-state index contributed by atoms with van der Waals surface area (Å²) in [6.45, 7) is -1.41. The van der Waals surface area contributed by atoms with Gasteiger partial charge in [-0.25, -0.2) is 4.79 Å². The van der Waals surface area contributed by atoms with Gasteiger partial charge in [-0.15, -0.1) is 0 Å². The number of aromatic amines is 1. The van der Waals surface area contributed by atoms with Crippen molar-refractivity contribution >= 4 is 40.5 Å². The molecule has 178 valence electrons. The minimum absolute atomic E-state index is 0.00606. The molecule has 3 atom stereocenters. The van der Waals surface area contributed by atoms with Gasteiger partial charge in [0.1, 0.15) is 12.1 Å². The van der Waals surface area contributed by atoms with E-state index in [1.165, 1.54) is 0 Å². The highest BCUT2D eigenvalue weighted by Gasteiger charge is 2.26. The van der Waals surface area contributed by atoms with Crippen molar-refractivity contribution in [3.05, 3.63) is 36.0 Å². The Labute approximate surface area is 187 Å². The number of carboxylic acid groups (broad SMARTS) is 1. The number of amides is 4. The molecule has 0 fully saturated rings. The first-order chi connectivity index (χ1) is 15.6. The number of hydrogen-bond donors (Lipinski definition) is 8. The van der Waals surface area contributed by atoms with E-state index in [9.17, 15) is 34.2 Å². The summed E-state index contributed by atoms with van der Waals surface area (Å²) in [5.74, 6) is -4.67. The highest BCUT2D eigenvalue weighted by atomic mass is 16.4. The summed E-state index contributed by atoms with van der Waals surface area (Å²) in [6, 6.07) is 3.28. The Morgan fingerprint density at radius 2 is 1.73 bits per heavy atom. The van der Waals surface area contributed by atoms with Gasteiger partial charge in [0.2, 0.25) is 23.6 Å². The fourth-order valence-electron chi connectivity index (χ4n) is 3.04. The van der Waals surface area contributed by atoms with Gasteiger partial charge < -0.3 is 42.6 Å². The molecule has 13 heteroatoms. The third kappa shape index (κ3) is 7.29. The van der Waals surface area contributed by atoms with Crippen LogP contribution in [0.3, 0.4) is 0 Å². The number of rotatable bonds is 12. The number of para-hydroxylation sites is 1. The average Bonchev–Trinajstić information content (AvgIpc) is 3.17. The number of carboxylic acids is 1. The molecule has 1 aromatic heterocycles. The molecule has 1 heterocycles. The van der Waals surface area contributed by atoms with Crippen molar-refractivity contribution in [3.8, 4) is 0 Å². The first-order valence-corrected chi connectivity index (χ1v) is 9.92. The van der Waals surface area contributed by atoms with Crippen molar-refractivity contribution < 1.29 is 34.2 Å². The van der Waals surface area contributed by atoms with Crippen molar-refractivity contribution in [2.24, 2.45) is 11.5 Å². The molecule has 0 bridgehead atoms. The van der Waals surface area contributed by atoms with E-state index >= 15 is 0 Å². The largest absolute Gasteiger partial charge is 0.480 e.